The van der Waals surface area contributed by atoms with E-state index in [2.05, 4.69) is 0 Å². The Kier molecular flexibility index (Phi) is 5.32. The molecule has 1 aliphatic heterocycles. The largest absolute Gasteiger partial charge is 0.480 e. The van der Waals surface area contributed by atoms with Crippen LogP contribution in [0, 0.1) is 5.92 Å². The van der Waals surface area contributed by atoms with Crippen molar-refractivity contribution in [3.05, 3.63) is 69.7 Å². The fourth-order valence-corrected chi connectivity index (χ4v) is 4.20. The lowest BCUT2D eigenvalue weighted by atomic mass is 9.90. The quantitative estimate of drug-likeness (QED) is 0.774. The molecule has 2 aromatic carbocycles. The smallest absolute Gasteiger partial charge is 0.326 e. The van der Waals surface area contributed by atoms with Crippen LogP contribution in [-0.4, -0.2) is 34.5 Å². The molecule has 1 N–H and O–H groups in total. The number of rotatable bonds is 5. The number of hydrogen-bond donors (Lipinski definition) is 1. The normalized spacial score (nSPS) is 23.5. The molecule has 0 unspecified atom stereocenters. The van der Waals surface area contributed by atoms with Gasteiger partial charge in [0.25, 0.3) is 0 Å². The van der Waals surface area contributed by atoms with Crippen molar-refractivity contribution in [1.82, 2.24) is 4.90 Å². The van der Waals surface area contributed by atoms with Crippen LogP contribution in [0.5, 0.6) is 0 Å². The standard InChI is InChI=1S/C21H19Cl2NO4/c22-15-8-6-12(7-9-15)18-20(14-2-1-3-16(23)10-14)28-11-17(25)24(18)19(21(26)27)13-4-5-13/h1-3,6-10,13,18-20H,4-5,11H2,(H,26,27)/t18-,19+,20+/m0/s1. The predicted octanol–water partition coefficient (Wildman–Crippen LogP) is 4.50. The Hall–Kier alpha value is -2.08. The first-order chi connectivity index (χ1) is 13.5. The third-order valence-electron chi connectivity index (χ3n) is 5.27. The first-order valence-electron chi connectivity index (χ1n) is 9.12. The van der Waals surface area contributed by atoms with Gasteiger partial charge in [0.1, 0.15) is 18.8 Å². The first-order valence-corrected chi connectivity index (χ1v) is 9.88. The summed E-state index contributed by atoms with van der Waals surface area (Å²) in [7, 11) is 0. The molecule has 0 bridgehead atoms. The van der Waals surface area contributed by atoms with Crippen LogP contribution in [0.2, 0.25) is 10.0 Å². The summed E-state index contributed by atoms with van der Waals surface area (Å²) in [6, 6.07) is 12.9. The molecule has 4 rings (SSSR count). The topological polar surface area (TPSA) is 66.8 Å². The predicted molar refractivity (Wildman–Crippen MR) is 105 cm³/mol. The second kappa shape index (κ2) is 7.74. The highest BCUT2D eigenvalue weighted by Crippen LogP contribution is 2.46. The summed E-state index contributed by atoms with van der Waals surface area (Å²) in [5.41, 5.74) is 1.57. The van der Waals surface area contributed by atoms with Crippen molar-refractivity contribution < 1.29 is 19.4 Å². The SMILES string of the molecule is O=C(O)[C@@H](C1CC1)N1C(=O)CO[C@H](c2cccc(Cl)c2)[C@@H]1c1ccc(Cl)cc1. The zero-order valence-corrected chi connectivity index (χ0v) is 16.4. The minimum absolute atomic E-state index is 0.0330. The van der Waals surface area contributed by atoms with Gasteiger partial charge in [-0.3, -0.25) is 4.79 Å². The molecule has 0 radical (unpaired) electrons. The fraction of sp³-hybridized carbons (Fsp3) is 0.333. The molecular formula is C21H19Cl2NO4. The maximum atomic E-state index is 12.9. The number of carbonyl (C=O) groups is 2. The summed E-state index contributed by atoms with van der Waals surface area (Å²) in [6.07, 6.45) is 1.08. The number of amides is 1. The highest BCUT2D eigenvalue weighted by molar-refractivity contribution is 6.30. The zero-order chi connectivity index (χ0) is 19.8. The molecule has 0 spiro atoms. The van der Waals surface area contributed by atoms with Crippen molar-refractivity contribution in [3.8, 4) is 0 Å². The third-order valence-corrected chi connectivity index (χ3v) is 5.76. The third kappa shape index (κ3) is 3.75. The summed E-state index contributed by atoms with van der Waals surface area (Å²) in [4.78, 5) is 26.4. The van der Waals surface area contributed by atoms with Gasteiger partial charge in [-0.15, -0.1) is 0 Å². The van der Waals surface area contributed by atoms with Crippen LogP contribution < -0.4 is 0 Å². The van der Waals surface area contributed by atoms with Crippen molar-refractivity contribution in [1.29, 1.82) is 0 Å². The van der Waals surface area contributed by atoms with Crippen LogP contribution in [0.3, 0.4) is 0 Å². The number of ether oxygens (including phenoxy) is 1. The maximum absolute atomic E-state index is 12.9. The van der Waals surface area contributed by atoms with E-state index in [-0.39, 0.29) is 18.4 Å². The Morgan fingerprint density at radius 1 is 1.07 bits per heavy atom. The minimum Gasteiger partial charge on any atom is -0.480 e. The molecule has 5 nitrogen and oxygen atoms in total. The van der Waals surface area contributed by atoms with Gasteiger partial charge in [0.2, 0.25) is 5.91 Å². The van der Waals surface area contributed by atoms with Gasteiger partial charge < -0.3 is 14.7 Å². The molecule has 2 aliphatic rings. The van der Waals surface area contributed by atoms with Gasteiger partial charge in [0.15, 0.2) is 0 Å². The van der Waals surface area contributed by atoms with E-state index in [0.717, 1.165) is 24.0 Å². The van der Waals surface area contributed by atoms with E-state index in [4.69, 9.17) is 27.9 Å². The first kappa shape index (κ1) is 19.2. The number of carboxylic acids is 1. The molecule has 1 saturated carbocycles. The van der Waals surface area contributed by atoms with E-state index < -0.39 is 24.2 Å². The van der Waals surface area contributed by atoms with Gasteiger partial charge in [-0.1, -0.05) is 47.5 Å². The Balaban J connectivity index is 1.82. The zero-order valence-electron chi connectivity index (χ0n) is 14.9. The minimum atomic E-state index is -0.985. The number of aliphatic carboxylic acids is 1. The number of hydrogen-bond acceptors (Lipinski definition) is 3. The summed E-state index contributed by atoms with van der Waals surface area (Å²) in [5.74, 6) is -1.34. The average Bonchev–Trinajstić information content (AvgIpc) is 3.48. The molecule has 1 saturated heterocycles. The van der Waals surface area contributed by atoms with E-state index in [1.54, 1.807) is 24.3 Å². The van der Waals surface area contributed by atoms with Crippen molar-refractivity contribution in [2.75, 3.05) is 6.61 Å². The molecule has 146 valence electrons. The van der Waals surface area contributed by atoms with E-state index in [1.807, 2.05) is 24.3 Å². The Morgan fingerprint density at radius 3 is 2.39 bits per heavy atom. The Bertz CT molecular complexity index is 898. The molecule has 1 amide bonds. The van der Waals surface area contributed by atoms with E-state index in [1.165, 1.54) is 4.90 Å². The van der Waals surface area contributed by atoms with Gasteiger partial charge in [0.05, 0.1) is 6.04 Å². The highest BCUT2D eigenvalue weighted by Gasteiger charge is 2.49. The number of nitrogens with zero attached hydrogens (tertiary/aromatic N) is 1. The summed E-state index contributed by atoms with van der Waals surface area (Å²) in [5, 5.41) is 11.0. The molecule has 2 fully saturated rings. The number of carboxylic acid groups (broad SMARTS) is 1. The Labute approximate surface area is 172 Å². The molecule has 2 aromatic rings. The lowest BCUT2D eigenvalue weighted by Gasteiger charge is -2.44. The van der Waals surface area contributed by atoms with E-state index in [0.29, 0.717) is 10.0 Å². The van der Waals surface area contributed by atoms with Crippen LogP contribution >= 0.6 is 23.2 Å². The molecule has 28 heavy (non-hydrogen) atoms. The summed E-state index contributed by atoms with van der Waals surface area (Å²) >= 11 is 12.2. The van der Waals surface area contributed by atoms with Crippen LogP contribution in [0.1, 0.15) is 36.1 Å². The van der Waals surface area contributed by atoms with Gasteiger partial charge in [-0.05, 0) is 54.2 Å². The Morgan fingerprint density at radius 2 is 1.79 bits per heavy atom. The van der Waals surface area contributed by atoms with Crippen LogP contribution in [0.15, 0.2) is 48.5 Å². The molecule has 7 heteroatoms. The fourth-order valence-electron chi connectivity index (χ4n) is 3.87. The van der Waals surface area contributed by atoms with Gasteiger partial charge in [-0.25, -0.2) is 4.79 Å². The number of morpholine rings is 1. The average molecular weight is 420 g/mol. The molecule has 1 heterocycles. The highest BCUT2D eigenvalue weighted by atomic mass is 35.5. The van der Waals surface area contributed by atoms with Crippen molar-refractivity contribution >= 4 is 35.1 Å². The van der Waals surface area contributed by atoms with E-state index >= 15 is 0 Å². The second-order valence-corrected chi connectivity index (χ2v) is 8.08. The maximum Gasteiger partial charge on any atom is 0.326 e. The number of carbonyl (C=O) groups excluding carboxylic acids is 1. The van der Waals surface area contributed by atoms with Crippen molar-refractivity contribution in [2.45, 2.75) is 31.0 Å². The molecule has 0 aromatic heterocycles. The lowest BCUT2D eigenvalue weighted by Crippen LogP contribution is -2.54. The summed E-state index contributed by atoms with van der Waals surface area (Å²) in [6.45, 7) is -0.169. The van der Waals surface area contributed by atoms with Gasteiger partial charge in [-0.2, -0.15) is 0 Å². The number of halogens is 2. The van der Waals surface area contributed by atoms with Crippen LogP contribution in [0.25, 0.3) is 0 Å². The molecular weight excluding hydrogens is 401 g/mol. The second-order valence-electron chi connectivity index (χ2n) is 7.20. The molecule has 1 aliphatic carbocycles. The van der Waals surface area contributed by atoms with Crippen molar-refractivity contribution in [3.63, 3.8) is 0 Å². The van der Waals surface area contributed by atoms with Gasteiger partial charge >= 0.3 is 5.97 Å². The van der Waals surface area contributed by atoms with Gasteiger partial charge in [0, 0.05) is 10.0 Å². The van der Waals surface area contributed by atoms with E-state index in [9.17, 15) is 14.7 Å². The molecule has 3 atom stereocenters. The monoisotopic (exact) mass is 419 g/mol. The summed E-state index contributed by atoms with van der Waals surface area (Å²) < 4.78 is 5.91. The van der Waals surface area contributed by atoms with Crippen LogP contribution in [-0.2, 0) is 14.3 Å². The lowest BCUT2D eigenvalue weighted by molar-refractivity contribution is -0.172. The van der Waals surface area contributed by atoms with Crippen LogP contribution in [0.4, 0.5) is 0 Å². The van der Waals surface area contributed by atoms with Crippen molar-refractivity contribution in [2.24, 2.45) is 5.92 Å². The number of benzene rings is 2.